The molecule has 0 bridgehead atoms. The van der Waals surface area contributed by atoms with Crippen LogP contribution in [0.4, 0.5) is 0 Å². The highest BCUT2D eigenvalue weighted by atomic mass is 16.5. The van der Waals surface area contributed by atoms with Gasteiger partial charge in [0.05, 0.1) is 12.5 Å². The number of carbonyl (C=O) groups is 3. The van der Waals surface area contributed by atoms with Gasteiger partial charge in [-0.1, -0.05) is 12.1 Å². The molecule has 2 amide bonds. The first-order chi connectivity index (χ1) is 11.5. The van der Waals surface area contributed by atoms with E-state index in [2.05, 4.69) is 0 Å². The number of hydrogen-bond acceptors (Lipinski definition) is 4. The number of nitrogens with zero attached hydrogens (tertiary/aromatic N) is 1. The summed E-state index contributed by atoms with van der Waals surface area (Å²) in [5.74, 6) is -1.10. The van der Waals surface area contributed by atoms with Crippen LogP contribution in [0.15, 0.2) is 30.3 Å². The van der Waals surface area contributed by atoms with E-state index in [1.807, 2.05) is 0 Å². The SMILES string of the molecule is CCOC(=O)C1CCCN(C(=O)/C=C/c2ccc(C(N)=O)cc2)C1. The Morgan fingerprint density at radius 3 is 2.62 bits per heavy atom. The third kappa shape index (κ3) is 4.68. The minimum Gasteiger partial charge on any atom is -0.466 e. The Hall–Kier alpha value is -2.63. The Bertz CT molecular complexity index is 637. The zero-order valence-corrected chi connectivity index (χ0v) is 13.7. The highest BCUT2D eigenvalue weighted by Gasteiger charge is 2.28. The molecule has 6 nitrogen and oxygen atoms in total. The van der Waals surface area contributed by atoms with Crippen LogP contribution in [0.3, 0.4) is 0 Å². The molecule has 1 unspecified atom stereocenters. The molecule has 1 fully saturated rings. The van der Waals surface area contributed by atoms with Crippen LogP contribution in [-0.4, -0.2) is 42.4 Å². The molecule has 1 aromatic carbocycles. The number of rotatable bonds is 5. The lowest BCUT2D eigenvalue weighted by atomic mass is 9.98. The van der Waals surface area contributed by atoms with Crippen LogP contribution in [0.2, 0.25) is 0 Å². The van der Waals surface area contributed by atoms with Gasteiger partial charge in [-0.3, -0.25) is 14.4 Å². The van der Waals surface area contributed by atoms with Gasteiger partial charge in [-0.15, -0.1) is 0 Å². The number of ether oxygens (including phenoxy) is 1. The normalized spacial score (nSPS) is 17.7. The van der Waals surface area contributed by atoms with Crippen LogP contribution < -0.4 is 5.73 Å². The van der Waals surface area contributed by atoms with E-state index in [0.717, 1.165) is 18.4 Å². The highest BCUT2D eigenvalue weighted by Crippen LogP contribution is 2.18. The lowest BCUT2D eigenvalue weighted by Gasteiger charge is -2.30. The topological polar surface area (TPSA) is 89.7 Å². The van der Waals surface area contributed by atoms with E-state index < -0.39 is 5.91 Å². The van der Waals surface area contributed by atoms with Crippen molar-refractivity contribution in [3.8, 4) is 0 Å². The quantitative estimate of drug-likeness (QED) is 0.656. The summed E-state index contributed by atoms with van der Waals surface area (Å²) in [6, 6.07) is 6.68. The summed E-state index contributed by atoms with van der Waals surface area (Å²) in [7, 11) is 0. The average molecular weight is 330 g/mol. The highest BCUT2D eigenvalue weighted by molar-refractivity contribution is 5.94. The van der Waals surface area contributed by atoms with Crippen LogP contribution in [-0.2, 0) is 14.3 Å². The second-order valence-electron chi connectivity index (χ2n) is 5.70. The maximum Gasteiger partial charge on any atom is 0.310 e. The number of primary amides is 1. The second kappa shape index (κ2) is 8.29. The van der Waals surface area contributed by atoms with Crippen molar-refractivity contribution in [1.82, 2.24) is 4.90 Å². The average Bonchev–Trinajstić information content (AvgIpc) is 2.60. The number of likely N-dealkylation sites (tertiary alicyclic amines) is 1. The lowest BCUT2D eigenvalue weighted by Crippen LogP contribution is -2.42. The second-order valence-corrected chi connectivity index (χ2v) is 5.70. The molecule has 0 saturated carbocycles. The Kier molecular flexibility index (Phi) is 6.12. The number of nitrogens with two attached hydrogens (primary N) is 1. The Morgan fingerprint density at radius 1 is 1.29 bits per heavy atom. The summed E-state index contributed by atoms with van der Waals surface area (Å²) in [5.41, 5.74) is 6.41. The van der Waals surface area contributed by atoms with Gasteiger partial charge >= 0.3 is 5.97 Å². The Morgan fingerprint density at radius 2 is 2.00 bits per heavy atom. The fourth-order valence-corrected chi connectivity index (χ4v) is 2.66. The summed E-state index contributed by atoms with van der Waals surface area (Å²) in [4.78, 5) is 36.8. The van der Waals surface area contributed by atoms with Crippen LogP contribution in [0.1, 0.15) is 35.7 Å². The maximum absolute atomic E-state index is 12.3. The molecule has 24 heavy (non-hydrogen) atoms. The molecule has 0 radical (unpaired) electrons. The van der Waals surface area contributed by atoms with E-state index in [-0.39, 0.29) is 17.8 Å². The monoisotopic (exact) mass is 330 g/mol. The molecule has 1 atom stereocenters. The largest absolute Gasteiger partial charge is 0.466 e. The van der Waals surface area contributed by atoms with E-state index in [1.165, 1.54) is 6.08 Å². The predicted molar refractivity (Wildman–Crippen MR) is 89.9 cm³/mol. The molecule has 1 saturated heterocycles. The van der Waals surface area contributed by atoms with Crippen molar-refractivity contribution < 1.29 is 19.1 Å². The van der Waals surface area contributed by atoms with Gasteiger partial charge in [0.1, 0.15) is 0 Å². The van der Waals surface area contributed by atoms with Crippen LogP contribution in [0.5, 0.6) is 0 Å². The molecule has 0 aliphatic carbocycles. The summed E-state index contributed by atoms with van der Waals surface area (Å²) in [6.07, 6.45) is 4.70. The van der Waals surface area contributed by atoms with Gasteiger partial charge in [-0.2, -0.15) is 0 Å². The Labute approximate surface area is 141 Å². The summed E-state index contributed by atoms with van der Waals surface area (Å²) in [6.45, 7) is 3.16. The molecule has 1 aromatic rings. The standard InChI is InChI=1S/C18H22N2O4/c1-2-24-18(23)15-4-3-11-20(12-15)16(21)10-7-13-5-8-14(9-6-13)17(19)22/h5-10,15H,2-4,11-12H2,1H3,(H2,19,22)/b10-7+. The Balaban J connectivity index is 1.95. The number of benzene rings is 1. The maximum atomic E-state index is 12.3. The van der Waals surface area contributed by atoms with Gasteiger partial charge in [0.15, 0.2) is 0 Å². The van der Waals surface area contributed by atoms with Gasteiger partial charge in [-0.05, 0) is 43.5 Å². The van der Waals surface area contributed by atoms with Crippen LogP contribution in [0.25, 0.3) is 6.08 Å². The fourth-order valence-electron chi connectivity index (χ4n) is 2.66. The van der Waals surface area contributed by atoms with Crippen molar-refractivity contribution in [3.63, 3.8) is 0 Å². The first kappa shape index (κ1) is 17.7. The molecular weight excluding hydrogens is 308 g/mol. The van der Waals surface area contributed by atoms with Crippen molar-refractivity contribution in [3.05, 3.63) is 41.5 Å². The zero-order chi connectivity index (χ0) is 17.5. The zero-order valence-electron chi connectivity index (χ0n) is 13.7. The number of esters is 1. The number of carbonyl (C=O) groups excluding carboxylic acids is 3. The molecule has 1 aliphatic heterocycles. The number of amides is 2. The van der Waals surface area contributed by atoms with Gasteiger partial charge in [-0.25, -0.2) is 0 Å². The van der Waals surface area contributed by atoms with Crippen molar-refractivity contribution in [1.29, 1.82) is 0 Å². The minimum absolute atomic E-state index is 0.136. The van der Waals surface area contributed by atoms with Gasteiger partial charge in [0, 0.05) is 24.7 Å². The van der Waals surface area contributed by atoms with Gasteiger partial charge in [0.2, 0.25) is 11.8 Å². The number of piperidine rings is 1. The summed E-state index contributed by atoms with van der Waals surface area (Å²) in [5, 5.41) is 0. The molecule has 2 N–H and O–H groups in total. The molecule has 1 aliphatic rings. The van der Waals surface area contributed by atoms with Crippen molar-refractivity contribution in [2.24, 2.45) is 11.7 Å². The van der Waals surface area contributed by atoms with E-state index in [0.29, 0.717) is 25.3 Å². The van der Waals surface area contributed by atoms with E-state index in [1.54, 1.807) is 42.2 Å². The molecule has 0 spiro atoms. The van der Waals surface area contributed by atoms with Crippen LogP contribution >= 0.6 is 0 Å². The van der Waals surface area contributed by atoms with Crippen molar-refractivity contribution in [2.45, 2.75) is 19.8 Å². The van der Waals surface area contributed by atoms with E-state index in [9.17, 15) is 14.4 Å². The third-order valence-electron chi connectivity index (χ3n) is 3.97. The molecule has 0 aromatic heterocycles. The molecule has 128 valence electrons. The van der Waals surface area contributed by atoms with E-state index >= 15 is 0 Å². The smallest absolute Gasteiger partial charge is 0.310 e. The number of hydrogen-bond donors (Lipinski definition) is 1. The summed E-state index contributed by atoms with van der Waals surface area (Å²) >= 11 is 0. The first-order valence-corrected chi connectivity index (χ1v) is 8.04. The predicted octanol–water partition coefficient (Wildman–Crippen LogP) is 1.60. The molecule has 6 heteroatoms. The third-order valence-corrected chi connectivity index (χ3v) is 3.97. The lowest BCUT2D eigenvalue weighted by molar-refractivity contribution is -0.150. The van der Waals surface area contributed by atoms with E-state index in [4.69, 9.17) is 10.5 Å². The van der Waals surface area contributed by atoms with Gasteiger partial charge in [0.25, 0.3) is 0 Å². The minimum atomic E-state index is -0.486. The van der Waals surface area contributed by atoms with Crippen molar-refractivity contribution >= 4 is 23.9 Å². The fraction of sp³-hybridized carbons (Fsp3) is 0.389. The molecular formula is C18H22N2O4. The first-order valence-electron chi connectivity index (χ1n) is 8.04. The van der Waals surface area contributed by atoms with Gasteiger partial charge < -0.3 is 15.4 Å². The summed E-state index contributed by atoms with van der Waals surface area (Å²) < 4.78 is 5.04. The van der Waals surface area contributed by atoms with Crippen molar-refractivity contribution in [2.75, 3.05) is 19.7 Å². The molecule has 2 rings (SSSR count). The van der Waals surface area contributed by atoms with Crippen LogP contribution in [0, 0.1) is 5.92 Å². The molecule has 1 heterocycles.